The van der Waals surface area contributed by atoms with Gasteiger partial charge in [0.1, 0.15) is 6.10 Å². The largest absolute Gasteiger partial charge is 0.453 e. The molecule has 0 saturated carbocycles. The van der Waals surface area contributed by atoms with Crippen molar-refractivity contribution < 1.29 is 22.7 Å². The minimum atomic E-state index is -4.42. The summed E-state index contributed by atoms with van der Waals surface area (Å²) in [6.07, 6.45) is -4.56. The Kier molecular flexibility index (Phi) is 4.31. The van der Waals surface area contributed by atoms with Gasteiger partial charge in [-0.15, -0.1) is 0 Å². The number of halogens is 3. The average Bonchev–Trinajstić information content (AvgIpc) is 2.24. The van der Waals surface area contributed by atoms with E-state index < -0.39 is 18.2 Å². The van der Waals surface area contributed by atoms with Crippen LogP contribution in [0.25, 0.3) is 0 Å². The molecule has 0 radical (unpaired) electrons. The highest BCUT2D eigenvalue weighted by Crippen LogP contribution is 2.23. The molecule has 0 aliphatic carbocycles. The highest BCUT2D eigenvalue weighted by molar-refractivity contribution is 5.66. The summed E-state index contributed by atoms with van der Waals surface area (Å²) in [7, 11) is 0. The van der Waals surface area contributed by atoms with Gasteiger partial charge >= 0.3 is 12.1 Å². The molecule has 0 aromatic heterocycles. The molecule has 1 aromatic rings. The molecule has 0 aliphatic heterocycles. The maximum Gasteiger partial charge on any atom is 0.409 e. The molecule has 1 atom stereocenters. The smallest absolute Gasteiger partial charge is 0.409 e. The summed E-state index contributed by atoms with van der Waals surface area (Å²) >= 11 is 0. The lowest BCUT2D eigenvalue weighted by atomic mass is 10.1. The third-order valence-electron chi connectivity index (χ3n) is 1.88. The predicted octanol–water partition coefficient (Wildman–Crippen LogP) is 3.41. The zero-order chi connectivity index (χ0) is 12.9. The van der Waals surface area contributed by atoms with Gasteiger partial charge in [0.05, 0.1) is 0 Å². The Morgan fingerprint density at radius 1 is 1.29 bits per heavy atom. The zero-order valence-electron chi connectivity index (χ0n) is 9.07. The van der Waals surface area contributed by atoms with Gasteiger partial charge in [0.2, 0.25) is 0 Å². The van der Waals surface area contributed by atoms with Gasteiger partial charge in [-0.1, -0.05) is 30.3 Å². The molecule has 0 aliphatic rings. The van der Waals surface area contributed by atoms with Gasteiger partial charge < -0.3 is 4.74 Å². The van der Waals surface area contributed by atoms with E-state index in [1.54, 1.807) is 30.3 Å². The van der Waals surface area contributed by atoms with Crippen LogP contribution in [-0.4, -0.2) is 12.1 Å². The lowest BCUT2D eigenvalue weighted by Crippen LogP contribution is -2.08. The van der Waals surface area contributed by atoms with Crippen LogP contribution in [0.15, 0.2) is 42.5 Å². The lowest BCUT2D eigenvalue weighted by molar-refractivity contribution is -0.144. The van der Waals surface area contributed by atoms with Crippen LogP contribution in [-0.2, 0) is 9.53 Å². The fourth-order valence-corrected chi connectivity index (χ4v) is 1.24. The molecule has 5 heteroatoms. The van der Waals surface area contributed by atoms with Gasteiger partial charge in [-0.2, -0.15) is 13.2 Å². The maximum atomic E-state index is 12.0. The minimum absolute atomic E-state index is 0.0631. The van der Waals surface area contributed by atoms with Crippen molar-refractivity contribution in [1.82, 2.24) is 0 Å². The van der Waals surface area contributed by atoms with Gasteiger partial charge in [0.15, 0.2) is 0 Å². The number of rotatable bonds is 3. The third kappa shape index (κ3) is 5.19. The molecule has 0 saturated heterocycles. The molecule has 1 aromatic carbocycles. The average molecular weight is 244 g/mol. The van der Waals surface area contributed by atoms with Crippen LogP contribution in [0.1, 0.15) is 18.6 Å². The maximum absolute atomic E-state index is 12.0. The van der Waals surface area contributed by atoms with Crippen molar-refractivity contribution in [3.05, 3.63) is 48.0 Å². The third-order valence-corrected chi connectivity index (χ3v) is 1.88. The van der Waals surface area contributed by atoms with Crippen molar-refractivity contribution in [3.63, 3.8) is 0 Å². The minimum Gasteiger partial charge on any atom is -0.453 e. The number of ether oxygens (including phenoxy) is 1. The van der Waals surface area contributed by atoms with E-state index in [4.69, 9.17) is 4.74 Å². The Morgan fingerprint density at radius 3 is 2.35 bits per heavy atom. The van der Waals surface area contributed by atoms with E-state index in [1.165, 1.54) is 0 Å². The molecule has 1 unspecified atom stereocenters. The van der Waals surface area contributed by atoms with E-state index in [0.717, 1.165) is 13.0 Å². The van der Waals surface area contributed by atoms with Crippen molar-refractivity contribution in [1.29, 1.82) is 0 Å². The second-order valence-corrected chi connectivity index (χ2v) is 3.34. The van der Waals surface area contributed by atoms with Crippen molar-refractivity contribution >= 4 is 5.97 Å². The zero-order valence-corrected chi connectivity index (χ0v) is 9.07. The number of esters is 1. The topological polar surface area (TPSA) is 26.3 Å². The van der Waals surface area contributed by atoms with E-state index in [1.807, 2.05) is 0 Å². The predicted molar refractivity (Wildman–Crippen MR) is 56.1 cm³/mol. The summed E-state index contributed by atoms with van der Waals surface area (Å²) in [5.74, 6) is -0.634. The number of allylic oxidation sites excluding steroid dienone is 1. The standard InChI is InChI=1S/C12H11F3O2/c1-9(16)17-11(7-8-12(13,14)15)10-5-3-2-4-6-10/h2-8,11H,1H3/b8-7+. The molecule has 92 valence electrons. The van der Waals surface area contributed by atoms with Crippen LogP contribution < -0.4 is 0 Å². The van der Waals surface area contributed by atoms with E-state index >= 15 is 0 Å². The summed E-state index contributed by atoms with van der Waals surface area (Å²) in [5, 5.41) is 0. The molecule has 17 heavy (non-hydrogen) atoms. The fraction of sp³-hybridized carbons (Fsp3) is 0.250. The Hall–Kier alpha value is -1.78. The van der Waals surface area contributed by atoms with Crippen molar-refractivity contribution in [2.75, 3.05) is 0 Å². The van der Waals surface area contributed by atoms with Gasteiger partial charge in [0.25, 0.3) is 0 Å². The normalized spacial score (nSPS) is 13.6. The summed E-state index contributed by atoms with van der Waals surface area (Å²) < 4.78 is 40.9. The summed E-state index contributed by atoms with van der Waals surface area (Å²) in [6.45, 7) is 1.15. The van der Waals surface area contributed by atoms with Crippen molar-refractivity contribution in [3.8, 4) is 0 Å². The van der Waals surface area contributed by atoms with Gasteiger partial charge in [-0.05, 0) is 11.6 Å². The van der Waals surface area contributed by atoms with Crippen LogP contribution in [0.5, 0.6) is 0 Å². The molecule has 0 amide bonds. The first-order valence-electron chi connectivity index (χ1n) is 4.87. The molecule has 0 spiro atoms. The van der Waals surface area contributed by atoms with E-state index in [-0.39, 0.29) is 6.08 Å². The molecule has 0 heterocycles. The van der Waals surface area contributed by atoms with Crippen LogP contribution in [0.4, 0.5) is 13.2 Å². The number of benzene rings is 1. The van der Waals surface area contributed by atoms with Crippen molar-refractivity contribution in [2.45, 2.75) is 19.2 Å². The van der Waals surface area contributed by atoms with Gasteiger partial charge in [-0.25, -0.2) is 0 Å². The second kappa shape index (κ2) is 5.52. The number of alkyl halides is 3. The van der Waals surface area contributed by atoms with Crippen LogP contribution >= 0.6 is 0 Å². The molecule has 1 rings (SSSR count). The second-order valence-electron chi connectivity index (χ2n) is 3.34. The number of hydrogen-bond acceptors (Lipinski definition) is 2. The SMILES string of the molecule is CC(=O)OC(/C=C/C(F)(F)F)c1ccccc1. The Bertz CT molecular complexity index is 396. The van der Waals surface area contributed by atoms with Crippen molar-refractivity contribution in [2.24, 2.45) is 0 Å². The number of hydrogen-bond donors (Lipinski definition) is 0. The Morgan fingerprint density at radius 2 is 1.88 bits per heavy atom. The van der Waals surface area contributed by atoms with Crippen LogP contribution in [0.2, 0.25) is 0 Å². The molecular weight excluding hydrogens is 233 g/mol. The lowest BCUT2D eigenvalue weighted by Gasteiger charge is -2.13. The number of carbonyl (C=O) groups excluding carboxylic acids is 1. The first-order valence-corrected chi connectivity index (χ1v) is 4.87. The van der Waals surface area contributed by atoms with Crippen LogP contribution in [0.3, 0.4) is 0 Å². The highest BCUT2D eigenvalue weighted by Gasteiger charge is 2.23. The van der Waals surface area contributed by atoms with Crippen LogP contribution in [0, 0.1) is 0 Å². The first-order chi connectivity index (χ1) is 7.88. The fourth-order valence-electron chi connectivity index (χ4n) is 1.24. The Labute approximate surface area is 96.7 Å². The molecule has 0 bridgehead atoms. The first kappa shape index (κ1) is 13.3. The molecule has 0 N–H and O–H groups in total. The van der Waals surface area contributed by atoms with E-state index in [0.29, 0.717) is 5.56 Å². The van der Waals surface area contributed by atoms with Gasteiger partial charge in [-0.3, -0.25) is 4.79 Å². The number of carbonyl (C=O) groups is 1. The summed E-state index contributed by atoms with van der Waals surface area (Å²) in [4.78, 5) is 10.8. The molecule has 2 nitrogen and oxygen atoms in total. The highest BCUT2D eigenvalue weighted by atomic mass is 19.4. The summed E-state index contributed by atoms with van der Waals surface area (Å²) in [6, 6.07) is 8.23. The van der Waals surface area contributed by atoms with Gasteiger partial charge in [0, 0.05) is 13.0 Å². The molecular formula is C12H11F3O2. The monoisotopic (exact) mass is 244 g/mol. The summed E-state index contributed by atoms with van der Waals surface area (Å²) in [5.41, 5.74) is 0.489. The van der Waals surface area contributed by atoms with E-state index in [9.17, 15) is 18.0 Å². The van der Waals surface area contributed by atoms with E-state index in [2.05, 4.69) is 0 Å². The molecule has 0 fully saturated rings. The quantitative estimate of drug-likeness (QED) is 0.601. The Balaban J connectivity index is 2.89.